The number of carbonyl (C=O) groups is 3. The zero-order valence-corrected chi connectivity index (χ0v) is 18.4. The number of benzene rings is 1. The molecule has 160 valence electrons. The number of urea groups is 1. The number of imide groups is 1. The zero-order valence-electron chi connectivity index (χ0n) is 17.6. The van der Waals surface area contributed by atoms with E-state index in [0.717, 1.165) is 4.90 Å². The number of aromatic nitrogens is 1. The molecule has 1 aliphatic rings. The van der Waals surface area contributed by atoms with E-state index in [1.165, 1.54) is 23.2 Å². The molecular formula is C22H22N4O4S. The van der Waals surface area contributed by atoms with Crippen LogP contribution in [0.1, 0.15) is 36.6 Å². The number of hydrogen-bond acceptors (Lipinski definition) is 6. The van der Waals surface area contributed by atoms with E-state index in [9.17, 15) is 14.4 Å². The first-order valence-electron chi connectivity index (χ1n) is 9.72. The van der Waals surface area contributed by atoms with Crippen molar-refractivity contribution in [2.45, 2.75) is 39.8 Å². The van der Waals surface area contributed by atoms with E-state index >= 15 is 0 Å². The summed E-state index contributed by atoms with van der Waals surface area (Å²) in [6, 6.07) is 10.5. The first-order valence-corrected chi connectivity index (χ1v) is 10.6. The van der Waals surface area contributed by atoms with Gasteiger partial charge in [-0.3, -0.25) is 19.4 Å². The van der Waals surface area contributed by atoms with Gasteiger partial charge >= 0.3 is 6.03 Å². The van der Waals surface area contributed by atoms with Gasteiger partial charge in [-0.25, -0.2) is 9.78 Å². The van der Waals surface area contributed by atoms with Gasteiger partial charge in [0.05, 0.1) is 17.9 Å². The third kappa shape index (κ3) is 3.61. The summed E-state index contributed by atoms with van der Waals surface area (Å²) < 4.78 is 5.55. The lowest BCUT2D eigenvalue weighted by Gasteiger charge is -2.21. The summed E-state index contributed by atoms with van der Waals surface area (Å²) in [6.45, 7) is 6.70. The van der Waals surface area contributed by atoms with Crippen LogP contribution in [0, 0.1) is 13.8 Å². The average Bonchev–Trinajstić information content (AvgIpc) is 3.37. The molecule has 3 aromatic rings. The molecule has 2 aromatic heterocycles. The molecule has 4 amide bonds. The van der Waals surface area contributed by atoms with Crippen LogP contribution in [-0.2, 0) is 21.7 Å². The van der Waals surface area contributed by atoms with Crippen molar-refractivity contribution in [3.63, 3.8) is 0 Å². The lowest BCUT2D eigenvalue weighted by molar-refractivity contribution is -0.131. The van der Waals surface area contributed by atoms with Gasteiger partial charge in [0.25, 0.3) is 5.91 Å². The lowest BCUT2D eigenvalue weighted by atomic mass is 9.92. The Morgan fingerprint density at radius 3 is 2.58 bits per heavy atom. The molecule has 3 heterocycles. The number of aryl methyl sites for hydroxylation is 2. The number of rotatable bonds is 5. The Hall–Kier alpha value is -3.46. The van der Waals surface area contributed by atoms with Crippen molar-refractivity contribution in [1.29, 1.82) is 0 Å². The van der Waals surface area contributed by atoms with Crippen LogP contribution < -0.4 is 10.2 Å². The van der Waals surface area contributed by atoms with Gasteiger partial charge in [0.15, 0.2) is 5.13 Å². The molecule has 4 rings (SSSR count). The molecule has 1 N–H and O–H groups in total. The van der Waals surface area contributed by atoms with Crippen molar-refractivity contribution >= 4 is 40.0 Å². The van der Waals surface area contributed by atoms with E-state index in [-0.39, 0.29) is 18.4 Å². The zero-order chi connectivity index (χ0) is 22.3. The van der Waals surface area contributed by atoms with E-state index in [2.05, 4.69) is 10.3 Å². The van der Waals surface area contributed by atoms with E-state index in [0.29, 0.717) is 33.6 Å². The average molecular weight is 439 g/mol. The maximum Gasteiger partial charge on any atom is 0.325 e. The largest absolute Gasteiger partial charge is 0.466 e. The van der Waals surface area contributed by atoms with Crippen molar-refractivity contribution in [3.8, 4) is 0 Å². The first-order chi connectivity index (χ1) is 14.7. The van der Waals surface area contributed by atoms with Crippen molar-refractivity contribution in [1.82, 2.24) is 15.2 Å². The van der Waals surface area contributed by atoms with Gasteiger partial charge in [-0.05, 0) is 39.0 Å². The summed E-state index contributed by atoms with van der Waals surface area (Å²) in [5.74, 6) is 0.706. The molecule has 1 atom stereocenters. The topological polar surface area (TPSA) is 95.8 Å². The highest BCUT2D eigenvalue weighted by atomic mass is 32.1. The second-order valence-corrected chi connectivity index (χ2v) is 8.42. The van der Waals surface area contributed by atoms with Gasteiger partial charge in [-0.1, -0.05) is 18.2 Å². The number of anilines is 2. The minimum atomic E-state index is -1.20. The van der Waals surface area contributed by atoms with E-state index in [1.807, 2.05) is 30.3 Å². The smallest absolute Gasteiger partial charge is 0.325 e. The molecule has 0 saturated carbocycles. The fraction of sp³-hybridized carbons (Fsp3) is 0.273. The summed E-state index contributed by atoms with van der Waals surface area (Å²) in [6.07, 6.45) is 0. The number of para-hydroxylation sites is 1. The van der Waals surface area contributed by atoms with Crippen molar-refractivity contribution in [2.75, 3.05) is 4.90 Å². The normalized spacial score (nSPS) is 18.4. The number of furan rings is 1. The molecule has 31 heavy (non-hydrogen) atoms. The molecule has 0 aliphatic carbocycles. The molecule has 1 saturated heterocycles. The monoisotopic (exact) mass is 438 g/mol. The van der Waals surface area contributed by atoms with Crippen LogP contribution in [-0.4, -0.2) is 27.7 Å². The molecule has 0 bridgehead atoms. The fourth-order valence-corrected chi connectivity index (χ4v) is 4.67. The maximum atomic E-state index is 13.2. The molecule has 0 radical (unpaired) electrons. The van der Waals surface area contributed by atoms with Gasteiger partial charge in [-0.15, -0.1) is 11.3 Å². The van der Waals surface area contributed by atoms with Crippen LogP contribution in [0.2, 0.25) is 0 Å². The summed E-state index contributed by atoms with van der Waals surface area (Å²) in [5, 5.41) is 5.01. The molecular weight excluding hydrogens is 416 g/mol. The van der Waals surface area contributed by atoms with Crippen LogP contribution in [0.4, 0.5) is 15.6 Å². The highest BCUT2D eigenvalue weighted by Gasteiger charge is 2.50. The molecule has 9 heteroatoms. The predicted octanol–water partition coefficient (Wildman–Crippen LogP) is 4.00. The third-order valence-electron chi connectivity index (χ3n) is 5.23. The van der Waals surface area contributed by atoms with Gasteiger partial charge in [0, 0.05) is 17.9 Å². The van der Waals surface area contributed by atoms with Crippen molar-refractivity contribution in [2.24, 2.45) is 0 Å². The number of thiazole rings is 1. The van der Waals surface area contributed by atoms with Crippen LogP contribution in [0.15, 0.2) is 46.2 Å². The minimum absolute atomic E-state index is 0.00712. The quantitative estimate of drug-likeness (QED) is 0.608. The Balaban J connectivity index is 1.59. The number of nitrogens with one attached hydrogen (secondary N) is 1. The van der Waals surface area contributed by atoms with E-state index in [4.69, 9.17) is 4.42 Å². The van der Waals surface area contributed by atoms with Crippen LogP contribution in [0.5, 0.6) is 0 Å². The van der Waals surface area contributed by atoms with Crippen LogP contribution in [0.25, 0.3) is 0 Å². The summed E-state index contributed by atoms with van der Waals surface area (Å²) in [5.41, 5.74) is 0.656. The minimum Gasteiger partial charge on any atom is -0.466 e. The Kier molecular flexibility index (Phi) is 5.14. The second-order valence-electron chi connectivity index (χ2n) is 7.58. The van der Waals surface area contributed by atoms with Gasteiger partial charge in [0.1, 0.15) is 17.1 Å². The molecule has 1 unspecified atom stereocenters. The molecule has 1 aromatic carbocycles. The summed E-state index contributed by atoms with van der Waals surface area (Å²) in [7, 11) is 0. The van der Waals surface area contributed by atoms with Gasteiger partial charge < -0.3 is 9.73 Å². The highest BCUT2D eigenvalue weighted by molar-refractivity contribution is 7.14. The van der Waals surface area contributed by atoms with Crippen molar-refractivity contribution < 1.29 is 18.8 Å². The number of carbonyl (C=O) groups excluding carboxylic acids is 3. The Bertz CT molecular complexity index is 1170. The predicted molar refractivity (Wildman–Crippen MR) is 116 cm³/mol. The number of amides is 4. The molecule has 0 spiro atoms. The van der Waals surface area contributed by atoms with Crippen LogP contribution >= 0.6 is 11.3 Å². The molecule has 8 nitrogen and oxygen atoms in total. The Morgan fingerprint density at radius 2 is 1.97 bits per heavy atom. The second kappa shape index (κ2) is 7.66. The summed E-state index contributed by atoms with van der Waals surface area (Å²) >= 11 is 1.28. The Morgan fingerprint density at radius 1 is 1.26 bits per heavy atom. The standard InChI is InChI=1S/C22H22N4O4S/c1-13-10-18(14(2)30-13)22(4)19(28)25(20(29)24-22)11-16-12-31-21(23-16)26(15(3)27)17-8-6-5-7-9-17/h5-10,12H,11H2,1-4H3,(H,24,29). The SMILES string of the molecule is CC(=O)N(c1ccccc1)c1nc(CN2C(=O)NC(C)(c3cc(C)oc3C)C2=O)cs1. The van der Waals surface area contributed by atoms with Crippen molar-refractivity contribution in [3.05, 3.63) is 64.6 Å². The summed E-state index contributed by atoms with van der Waals surface area (Å²) in [4.78, 5) is 45.2. The van der Waals surface area contributed by atoms with Gasteiger partial charge in [0.2, 0.25) is 5.91 Å². The van der Waals surface area contributed by atoms with Gasteiger partial charge in [-0.2, -0.15) is 0 Å². The fourth-order valence-electron chi connectivity index (χ4n) is 3.79. The highest BCUT2D eigenvalue weighted by Crippen LogP contribution is 2.34. The first kappa shape index (κ1) is 20.8. The lowest BCUT2D eigenvalue weighted by Crippen LogP contribution is -2.41. The number of hydrogen-bond donors (Lipinski definition) is 1. The third-order valence-corrected chi connectivity index (χ3v) is 6.11. The van der Waals surface area contributed by atoms with E-state index < -0.39 is 11.6 Å². The Labute approximate surface area is 183 Å². The molecule has 1 aliphatic heterocycles. The molecule has 1 fully saturated rings. The number of nitrogens with zero attached hydrogens (tertiary/aromatic N) is 3. The van der Waals surface area contributed by atoms with Crippen LogP contribution in [0.3, 0.4) is 0 Å². The maximum absolute atomic E-state index is 13.2. The van der Waals surface area contributed by atoms with E-state index in [1.54, 1.807) is 32.2 Å².